The van der Waals surface area contributed by atoms with E-state index >= 15 is 0 Å². The predicted molar refractivity (Wildman–Crippen MR) is 108 cm³/mol. The van der Waals surface area contributed by atoms with Gasteiger partial charge in [0.15, 0.2) is 17.2 Å². The summed E-state index contributed by atoms with van der Waals surface area (Å²) in [5.41, 5.74) is -1.32. The Kier molecular flexibility index (Phi) is 4.75. The lowest BCUT2D eigenvalue weighted by Gasteiger charge is -2.59. The zero-order valence-electron chi connectivity index (χ0n) is 18.2. The lowest BCUT2D eigenvalue weighted by Crippen LogP contribution is -2.60. The fraction of sp³-hybridized carbons (Fsp3) is 0.783. The van der Waals surface area contributed by atoms with E-state index in [9.17, 15) is 24.5 Å². The molecular weight excluding hydrogens is 386 g/mol. The number of nitro groups is 1. The van der Waals surface area contributed by atoms with E-state index in [0.29, 0.717) is 31.3 Å². The monoisotopic (exact) mass is 417 g/mol. The highest BCUT2D eigenvalue weighted by Gasteiger charge is 2.69. The van der Waals surface area contributed by atoms with Crippen LogP contribution in [0.15, 0.2) is 11.6 Å². The maximum Gasteiger partial charge on any atom is 0.303 e. The molecule has 7 heteroatoms. The number of hydrogen-bond donors (Lipinski definition) is 0. The Bertz CT molecular complexity index is 864. The van der Waals surface area contributed by atoms with Gasteiger partial charge in [-0.3, -0.25) is 24.5 Å². The van der Waals surface area contributed by atoms with Crippen LogP contribution in [-0.4, -0.2) is 34.1 Å². The van der Waals surface area contributed by atoms with Gasteiger partial charge in [0.1, 0.15) is 0 Å². The van der Waals surface area contributed by atoms with E-state index < -0.39 is 23.0 Å². The summed E-state index contributed by atoms with van der Waals surface area (Å²) in [5.74, 6) is -0.197. The molecule has 0 heterocycles. The lowest BCUT2D eigenvalue weighted by atomic mass is 9.45. The number of nitrogens with zero attached hydrogens (tertiary/aromatic N) is 1. The van der Waals surface area contributed by atoms with E-state index in [4.69, 9.17) is 4.74 Å². The molecule has 30 heavy (non-hydrogen) atoms. The third kappa shape index (κ3) is 2.66. The predicted octanol–water partition coefficient (Wildman–Crippen LogP) is 3.66. The topological polar surface area (TPSA) is 104 Å². The Labute approximate surface area is 176 Å². The third-order valence-corrected chi connectivity index (χ3v) is 9.24. The first-order chi connectivity index (χ1) is 14.0. The van der Waals surface area contributed by atoms with E-state index in [-0.39, 0.29) is 39.7 Å². The zero-order chi connectivity index (χ0) is 22.1. The van der Waals surface area contributed by atoms with Gasteiger partial charge in [0.05, 0.1) is 0 Å². The van der Waals surface area contributed by atoms with Crippen LogP contribution in [0.1, 0.15) is 72.6 Å². The molecule has 4 rings (SSSR count). The average molecular weight is 418 g/mol. The number of carbonyl (C=O) groups excluding carboxylic acids is 3. The molecule has 7 atom stereocenters. The highest BCUT2D eigenvalue weighted by Crippen LogP contribution is 2.68. The molecule has 4 aliphatic carbocycles. The highest BCUT2D eigenvalue weighted by molar-refractivity contribution is 5.92. The maximum absolute atomic E-state index is 12.8. The first-order valence-corrected chi connectivity index (χ1v) is 11.1. The minimum absolute atomic E-state index is 0.0141. The number of ketones is 2. The summed E-state index contributed by atoms with van der Waals surface area (Å²) in [6, 6.07) is -0.857. The van der Waals surface area contributed by atoms with E-state index in [1.165, 1.54) is 13.8 Å². The molecule has 0 radical (unpaired) electrons. The normalized spacial score (nSPS) is 44.9. The van der Waals surface area contributed by atoms with Gasteiger partial charge in [0, 0.05) is 35.7 Å². The van der Waals surface area contributed by atoms with Crippen molar-refractivity contribution in [1.82, 2.24) is 0 Å². The Morgan fingerprint density at radius 3 is 2.40 bits per heavy atom. The molecule has 0 aromatic carbocycles. The SMILES string of the molecule is CC(=O)O[C@]1(C(C)=O)CC[C@H]2[C@@H]3C[C@H]([N+](=O)[O-])C4=CC(=O)CC[C@]4(C)[C@H]3CC[C@@]21C. The van der Waals surface area contributed by atoms with Crippen LogP contribution in [0.3, 0.4) is 0 Å². The molecule has 4 aliphatic rings. The molecule has 164 valence electrons. The van der Waals surface area contributed by atoms with Crippen molar-refractivity contribution >= 4 is 17.5 Å². The maximum atomic E-state index is 12.8. The number of esters is 1. The molecule has 0 saturated heterocycles. The molecule has 0 N–H and O–H groups in total. The van der Waals surface area contributed by atoms with Crippen LogP contribution in [0.2, 0.25) is 0 Å². The van der Waals surface area contributed by atoms with Gasteiger partial charge in [-0.25, -0.2) is 0 Å². The van der Waals surface area contributed by atoms with Crippen molar-refractivity contribution in [1.29, 1.82) is 0 Å². The second-order valence-electron chi connectivity index (χ2n) is 10.4. The summed E-state index contributed by atoms with van der Waals surface area (Å²) in [6.45, 7) is 6.98. The van der Waals surface area contributed by atoms with Crippen LogP contribution < -0.4 is 0 Å². The third-order valence-electron chi connectivity index (χ3n) is 9.24. The first kappa shape index (κ1) is 21.2. The second kappa shape index (κ2) is 6.72. The molecule has 0 spiro atoms. The Balaban J connectivity index is 1.78. The molecule has 7 nitrogen and oxygen atoms in total. The van der Waals surface area contributed by atoms with Gasteiger partial charge in [0.2, 0.25) is 6.04 Å². The summed E-state index contributed by atoms with van der Waals surface area (Å²) < 4.78 is 5.75. The van der Waals surface area contributed by atoms with Crippen LogP contribution in [-0.2, 0) is 19.1 Å². The van der Waals surface area contributed by atoms with Crippen LogP contribution in [0.5, 0.6) is 0 Å². The Morgan fingerprint density at radius 1 is 1.13 bits per heavy atom. The molecule has 3 fully saturated rings. The zero-order valence-corrected chi connectivity index (χ0v) is 18.2. The summed E-state index contributed by atoms with van der Waals surface area (Å²) >= 11 is 0. The van der Waals surface area contributed by atoms with Crippen LogP contribution in [0, 0.1) is 38.7 Å². The van der Waals surface area contributed by atoms with Crippen molar-refractivity contribution in [2.45, 2.75) is 84.3 Å². The highest BCUT2D eigenvalue weighted by atomic mass is 16.6. The number of hydrogen-bond acceptors (Lipinski definition) is 6. The molecule has 0 aromatic heterocycles. The summed E-state index contributed by atoms with van der Waals surface area (Å²) in [7, 11) is 0. The number of ether oxygens (including phenoxy) is 1. The van der Waals surface area contributed by atoms with Crippen LogP contribution >= 0.6 is 0 Å². The first-order valence-electron chi connectivity index (χ1n) is 11.1. The van der Waals surface area contributed by atoms with Crippen molar-refractivity contribution in [3.63, 3.8) is 0 Å². The van der Waals surface area contributed by atoms with Crippen molar-refractivity contribution in [3.8, 4) is 0 Å². The van der Waals surface area contributed by atoms with E-state index in [2.05, 4.69) is 6.92 Å². The fourth-order valence-corrected chi connectivity index (χ4v) is 7.87. The van der Waals surface area contributed by atoms with Crippen molar-refractivity contribution in [2.75, 3.05) is 0 Å². The van der Waals surface area contributed by atoms with E-state index in [1.807, 2.05) is 6.92 Å². The lowest BCUT2D eigenvalue weighted by molar-refractivity contribution is -0.520. The van der Waals surface area contributed by atoms with Crippen LogP contribution in [0.25, 0.3) is 0 Å². The van der Waals surface area contributed by atoms with Gasteiger partial charge in [-0.05, 0) is 68.3 Å². The minimum atomic E-state index is -1.14. The smallest absolute Gasteiger partial charge is 0.303 e. The van der Waals surface area contributed by atoms with Crippen LogP contribution in [0.4, 0.5) is 0 Å². The molecule has 0 aromatic rings. The Hall–Kier alpha value is -2.05. The molecule has 0 aliphatic heterocycles. The molecule has 0 amide bonds. The van der Waals surface area contributed by atoms with Crippen molar-refractivity contribution in [3.05, 3.63) is 21.8 Å². The fourth-order valence-electron chi connectivity index (χ4n) is 7.87. The quantitative estimate of drug-likeness (QED) is 0.394. The number of carbonyl (C=O) groups is 3. The minimum Gasteiger partial charge on any atom is -0.451 e. The summed E-state index contributed by atoms with van der Waals surface area (Å²) in [4.78, 5) is 48.6. The standard InChI is InChI=1S/C23H31NO6/c1-13(25)23(30-14(2)26)10-7-18-16-12-20(24(28)29)19-11-15(27)5-8-21(19,3)17(16)6-9-22(18,23)4/h11,16-18,20H,5-10,12H2,1-4H3/t16-,17+,18+,20+,21-,22+,23+/m1/s1. The number of fused-ring (bicyclic) bond motifs is 5. The summed E-state index contributed by atoms with van der Waals surface area (Å²) in [6.07, 6.45) is 5.78. The number of Topliss-reactive ketones (excluding diaryl/α,β-unsaturated/α-hetero) is 1. The largest absolute Gasteiger partial charge is 0.451 e. The van der Waals surface area contributed by atoms with Crippen molar-refractivity contribution in [2.24, 2.45) is 28.6 Å². The number of rotatable bonds is 3. The van der Waals surface area contributed by atoms with Gasteiger partial charge >= 0.3 is 5.97 Å². The van der Waals surface area contributed by atoms with Gasteiger partial charge in [0.25, 0.3) is 0 Å². The van der Waals surface area contributed by atoms with Gasteiger partial charge in [-0.2, -0.15) is 0 Å². The summed E-state index contributed by atoms with van der Waals surface area (Å²) in [5, 5.41) is 12.0. The molecule has 0 unspecified atom stereocenters. The van der Waals surface area contributed by atoms with Gasteiger partial charge in [-0.1, -0.05) is 13.8 Å². The van der Waals surface area contributed by atoms with E-state index in [0.717, 1.165) is 19.3 Å². The molecule has 0 bridgehead atoms. The second-order valence-corrected chi connectivity index (χ2v) is 10.4. The average Bonchev–Trinajstić information content (AvgIpc) is 2.95. The van der Waals surface area contributed by atoms with E-state index in [1.54, 1.807) is 6.08 Å². The van der Waals surface area contributed by atoms with Gasteiger partial charge < -0.3 is 4.74 Å². The Morgan fingerprint density at radius 2 is 1.80 bits per heavy atom. The molecular formula is C23H31NO6. The van der Waals surface area contributed by atoms with Crippen molar-refractivity contribution < 1.29 is 24.0 Å². The van der Waals surface area contributed by atoms with Gasteiger partial charge in [-0.15, -0.1) is 0 Å². The molecule has 3 saturated carbocycles.